The standard InChI is InChI=1S/C19H19FN8/c1-28(10-16-12(20)8-15-13(23-16)4-6-21-15)19-22-7-5-17(25-19)24-18-9-14(26-27-18)11-2-3-11/h4-9,11,21H,2-3,10H2,1H3,(H2,22,24,25,26,27). The molecule has 8 nitrogen and oxygen atoms in total. The molecule has 0 bridgehead atoms. The average molecular weight is 378 g/mol. The molecule has 1 aliphatic rings. The zero-order chi connectivity index (χ0) is 19.1. The Morgan fingerprint density at radius 1 is 1.21 bits per heavy atom. The molecule has 1 aliphatic carbocycles. The van der Waals surface area contributed by atoms with Gasteiger partial charge in [0.2, 0.25) is 5.95 Å². The van der Waals surface area contributed by atoms with E-state index in [1.54, 1.807) is 30.4 Å². The van der Waals surface area contributed by atoms with Crippen LogP contribution in [0.2, 0.25) is 0 Å². The summed E-state index contributed by atoms with van der Waals surface area (Å²) in [6, 6.07) is 7.06. The van der Waals surface area contributed by atoms with E-state index in [1.807, 2.05) is 12.1 Å². The molecule has 0 saturated heterocycles. The van der Waals surface area contributed by atoms with E-state index in [4.69, 9.17) is 0 Å². The number of aromatic nitrogens is 6. The Balaban J connectivity index is 1.33. The number of hydrogen-bond acceptors (Lipinski definition) is 6. The van der Waals surface area contributed by atoms with E-state index >= 15 is 0 Å². The highest BCUT2D eigenvalue weighted by Crippen LogP contribution is 2.39. The molecule has 0 amide bonds. The Morgan fingerprint density at radius 2 is 2.11 bits per heavy atom. The number of rotatable bonds is 6. The van der Waals surface area contributed by atoms with Gasteiger partial charge < -0.3 is 15.2 Å². The maximum atomic E-state index is 14.3. The first-order chi connectivity index (χ1) is 13.7. The number of hydrogen-bond donors (Lipinski definition) is 3. The van der Waals surface area contributed by atoms with Gasteiger partial charge in [0.15, 0.2) is 5.82 Å². The number of fused-ring (bicyclic) bond motifs is 1. The third-order valence-electron chi connectivity index (χ3n) is 4.80. The lowest BCUT2D eigenvalue weighted by Gasteiger charge is -2.17. The lowest BCUT2D eigenvalue weighted by Crippen LogP contribution is -2.21. The first-order valence-corrected chi connectivity index (χ1v) is 9.15. The fraction of sp³-hybridized carbons (Fsp3) is 0.263. The quantitative estimate of drug-likeness (QED) is 0.475. The van der Waals surface area contributed by atoms with E-state index in [0.717, 1.165) is 17.0 Å². The number of pyridine rings is 1. The van der Waals surface area contributed by atoms with E-state index in [9.17, 15) is 4.39 Å². The molecule has 0 aliphatic heterocycles. The van der Waals surface area contributed by atoms with Crippen LogP contribution in [0.4, 0.5) is 22.0 Å². The van der Waals surface area contributed by atoms with Gasteiger partial charge in [-0.05, 0) is 25.0 Å². The van der Waals surface area contributed by atoms with Crippen molar-refractivity contribution in [2.75, 3.05) is 17.3 Å². The van der Waals surface area contributed by atoms with E-state index < -0.39 is 0 Å². The highest BCUT2D eigenvalue weighted by Gasteiger charge is 2.25. The molecule has 4 aromatic rings. The van der Waals surface area contributed by atoms with Gasteiger partial charge in [0, 0.05) is 43.2 Å². The molecule has 0 radical (unpaired) electrons. The summed E-state index contributed by atoms with van der Waals surface area (Å²) >= 11 is 0. The van der Waals surface area contributed by atoms with E-state index in [2.05, 4.69) is 35.5 Å². The molecule has 142 valence electrons. The van der Waals surface area contributed by atoms with Crippen LogP contribution in [0.25, 0.3) is 11.0 Å². The van der Waals surface area contributed by atoms with E-state index in [1.165, 1.54) is 18.9 Å². The minimum Gasteiger partial charge on any atom is -0.360 e. The second-order valence-corrected chi connectivity index (χ2v) is 7.03. The minimum absolute atomic E-state index is 0.255. The largest absolute Gasteiger partial charge is 0.360 e. The Labute approximate surface area is 160 Å². The summed E-state index contributed by atoms with van der Waals surface area (Å²) in [6.45, 7) is 0.255. The van der Waals surface area contributed by atoms with Crippen LogP contribution in [0.1, 0.15) is 30.1 Å². The molecule has 0 unspecified atom stereocenters. The molecule has 0 atom stereocenters. The predicted octanol–water partition coefficient (Wildman–Crippen LogP) is 3.47. The number of H-pyrrole nitrogens is 2. The van der Waals surface area contributed by atoms with Gasteiger partial charge in [0.1, 0.15) is 11.6 Å². The Bertz CT molecular complexity index is 1130. The Kier molecular flexibility index (Phi) is 3.92. The maximum Gasteiger partial charge on any atom is 0.227 e. The second kappa shape index (κ2) is 6.59. The van der Waals surface area contributed by atoms with Crippen molar-refractivity contribution >= 4 is 28.6 Å². The van der Waals surface area contributed by atoms with Crippen molar-refractivity contribution in [3.8, 4) is 0 Å². The second-order valence-electron chi connectivity index (χ2n) is 7.03. The zero-order valence-electron chi connectivity index (χ0n) is 15.3. The molecule has 0 spiro atoms. The number of aromatic amines is 2. The molecule has 1 fully saturated rings. The number of nitrogens with zero attached hydrogens (tertiary/aromatic N) is 5. The monoisotopic (exact) mass is 378 g/mol. The van der Waals surface area contributed by atoms with Crippen LogP contribution in [-0.2, 0) is 6.54 Å². The first kappa shape index (κ1) is 16.7. The first-order valence-electron chi connectivity index (χ1n) is 9.15. The molecule has 28 heavy (non-hydrogen) atoms. The third kappa shape index (κ3) is 3.26. The Hall–Kier alpha value is -3.49. The van der Waals surface area contributed by atoms with Crippen LogP contribution in [0.5, 0.6) is 0 Å². The van der Waals surface area contributed by atoms with Gasteiger partial charge in [-0.15, -0.1) is 0 Å². The third-order valence-corrected chi connectivity index (χ3v) is 4.80. The summed E-state index contributed by atoms with van der Waals surface area (Å²) in [7, 11) is 1.81. The van der Waals surface area contributed by atoms with Gasteiger partial charge in [-0.25, -0.2) is 14.4 Å². The SMILES string of the molecule is CN(Cc1nc2cc[nH]c2cc1F)c1nccc(Nc2cc(C3CC3)[nH]n2)n1. The molecule has 3 N–H and O–H groups in total. The van der Waals surface area contributed by atoms with Crippen LogP contribution < -0.4 is 10.2 Å². The molecular weight excluding hydrogens is 359 g/mol. The average Bonchev–Trinajstić information content (AvgIpc) is 3.28. The van der Waals surface area contributed by atoms with Crippen LogP contribution in [0.15, 0.2) is 36.7 Å². The topological polar surface area (TPSA) is 98.4 Å². The molecule has 4 aromatic heterocycles. The molecule has 0 aromatic carbocycles. The Morgan fingerprint density at radius 3 is 2.96 bits per heavy atom. The van der Waals surface area contributed by atoms with Crippen molar-refractivity contribution < 1.29 is 4.39 Å². The molecule has 4 heterocycles. The molecular formula is C19H19FN8. The summed E-state index contributed by atoms with van der Waals surface area (Å²) in [5.41, 5.74) is 2.90. The van der Waals surface area contributed by atoms with Gasteiger partial charge in [0.05, 0.1) is 23.3 Å². The molecule has 5 rings (SSSR count). The lowest BCUT2D eigenvalue weighted by atomic mass is 10.3. The van der Waals surface area contributed by atoms with Crippen molar-refractivity contribution in [1.29, 1.82) is 0 Å². The van der Waals surface area contributed by atoms with Gasteiger partial charge in [-0.2, -0.15) is 10.1 Å². The zero-order valence-corrected chi connectivity index (χ0v) is 15.3. The summed E-state index contributed by atoms with van der Waals surface area (Å²) in [6.07, 6.45) is 5.83. The van der Waals surface area contributed by atoms with Crippen LogP contribution in [0, 0.1) is 5.82 Å². The smallest absolute Gasteiger partial charge is 0.227 e. The van der Waals surface area contributed by atoms with Gasteiger partial charge in [-0.1, -0.05) is 0 Å². The summed E-state index contributed by atoms with van der Waals surface area (Å²) < 4.78 is 14.3. The summed E-state index contributed by atoms with van der Waals surface area (Å²) in [4.78, 5) is 17.9. The lowest BCUT2D eigenvalue weighted by molar-refractivity contribution is 0.598. The summed E-state index contributed by atoms with van der Waals surface area (Å²) in [5, 5.41) is 10.5. The summed E-state index contributed by atoms with van der Waals surface area (Å²) in [5.74, 6) is 2.06. The fourth-order valence-electron chi connectivity index (χ4n) is 3.14. The van der Waals surface area contributed by atoms with Crippen molar-refractivity contribution in [2.45, 2.75) is 25.3 Å². The molecule has 9 heteroatoms. The van der Waals surface area contributed by atoms with Gasteiger partial charge in [0.25, 0.3) is 0 Å². The van der Waals surface area contributed by atoms with Crippen LogP contribution in [-0.4, -0.2) is 37.2 Å². The van der Waals surface area contributed by atoms with Gasteiger partial charge >= 0.3 is 0 Å². The number of nitrogens with one attached hydrogen (secondary N) is 3. The highest BCUT2D eigenvalue weighted by molar-refractivity contribution is 5.75. The minimum atomic E-state index is -0.361. The van der Waals surface area contributed by atoms with Crippen LogP contribution in [0.3, 0.4) is 0 Å². The number of halogens is 1. The van der Waals surface area contributed by atoms with Crippen molar-refractivity contribution in [2.24, 2.45) is 0 Å². The van der Waals surface area contributed by atoms with Crippen molar-refractivity contribution in [3.05, 3.63) is 53.9 Å². The fourth-order valence-corrected chi connectivity index (χ4v) is 3.14. The normalized spacial score (nSPS) is 13.8. The number of anilines is 3. The van der Waals surface area contributed by atoms with Crippen molar-refractivity contribution in [3.63, 3.8) is 0 Å². The van der Waals surface area contributed by atoms with Crippen LogP contribution >= 0.6 is 0 Å². The predicted molar refractivity (Wildman–Crippen MR) is 104 cm³/mol. The van der Waals surface area contributed by atoms with Crippen molar-refractivity contribution in [1.82, 2.24) is 30.1 Å². The van der Waals surface area contributed by atoms with E-state index in [-0.39, 0.29) is 12.4 Å². The maximum absolute atomic E-state index is 14.3. The van der Waals surface area contributed by atoms with Gasteiger partial charge in [-0.3, -0.25) is 5.10 Å². The highest BCUT2D eigenvalue weighted by atomic mass is 19.1. The molecule has 1 saturated carbocycles. The van der Waals surface area contributed by atoms with E-state index in [0.29, 0.717) is 28.9 Å².